The van der Waals surface area contributed by atoms with E-state index in [0.717, 1.165) is 13.1 Å². The molecule has 1 fully saturated rings. The van der Waals surface area contributed by atoms with Gasteiger partial charge in [-0.2, -0.15) is 0 Å². The highest BCUT2D eigenvalue weighted by Crippen LogP contribution is 2.25. The van der Waals surface area contributed by atoms with Crippen LogP contribution in [-0.4, -0.2) is 48.2 Å². The standard InChI is InChI=1S/C14H20N2O3/c1-10(2)19-11-3-4-13(17)12(9-11)14(18)16-7-5-15-6-8-16/h3-4,9-10,15,17H,5-8H2,1-2H3. The molecular weight excluding hydrogens is 244 g/mol. The van der Waals surface area contributed by atoms with Crippen LogP contribution < -0.4 is 10.1 Å². The van der Waals surface area contributed by atoms with E-state index in [4.69, 9.17) is 4.74 Å². The molecule has 0 radical (unpaired) electrons. The number of carbonyl (C=O) groups excluding carboxylic acids is 1. The summed E-state index contributed by atoms with van der Waals surface area (Å²) in [4.78, 5) is 14.1. The lowest BCUT2D eigenvalue weighted by atomic mass is 10.1. The highest BCUT2D eigenvalue weighted by atomic mass is 16.5. The van der Waals surface area contributed by atoms with E-state index in [-0.39, 0.29) is 17.8 Å². The molecule has 1 saturated heterocycles. The van der Waals surface area contributed by atoms with Crippen molar-refractivity contribution in [1.82, 2.24) is 10.2 Å². The van der Waals surface area contributed by atoms with Crippen LogP contribution in [-0.2, 0) is 0 Å². The fourth-order valence-electron chi connectivity index (χ4n) is 2.07. The van der Waals surface area contributed by atoms with Crippen LogP contribution in [0.1, 0.15) is 24.2 Å². The number of aromatic hydroxyl groups is 1. The minimum Gasteiger partial charge on any atom is -0.507 e. The average molecular weight is 264 g/mol. The third kappa shape index (κ3) is 3.38. The smallest absolute Gasteiger partial charge is 0.257 e. The summed E-state index contributed by atoms with van der Waals surface area (Å²) < 4.78 is 5.55. The van der Waals surface area contributed by atoms with Gasteiger partial charge in [0.2, 0.25) is 0 Å². The average Bonchev–Trinajstić information content (AvgIpc) is 2.40. The molecule has 0 aromatic heterocycles. The maximum atomic E-state index is 12.3. The summed E-state index contributed by atoms with van der Waals surface area (Å²) in [6, 6.07) is 4.79. The Morgan fingerprint density at radius 1 is 1.37 bits per heavy atom. The van der Waals surface area contributed by atoms with E-state index < -0.39 is 0 Å². The fourth-order valence-corrected chi connectivity index (χ4v) is 2.07. The second-order valence-electron chi connectivity index (χ2n) is 4.89. The number of amides is 1. The summed E-state index contributed by atoms with van der Waals surface area (Å²) in [5, 5.41) is 13.0. The Morgan fingerprint density at radius 3 is 2.68 bits per heavy atom. The lowest BCUT2D eigenvalue weighted by Crippen LogP contribution is -2.46. The van der Waals surface area contributed by atoms with Crippen LogP contribution in [0.5, 0.6) is 11.5 Å². The first-order chi connectivity index (χ1) is 9.08. The van der Waals surface area contributed by atoms with Crippen LogP contribution in [0.25, 0.3) is 0 Å². The number of phenolic OH excluding ortho intramolecular Hbond substituents is 1. The molecule has 1 aliphatic rings. The summed E-state index contributed by atoms with van der Waals surface area (Å²) >= 11 is 0. The Balaban J connectivity index is 2.19. The van der Waals surface area contributed by atoms with E-state index in [1.54, 1.807) is 17.0 Å². The predicted octanol–water partition coefficient (Wildman–Crippen LogP) is 1.22. The van der Waals surface area contributed by atoms with E-state index in [0.29, 0.717) is 24.4 Å². The molecule has 0 spiro atoms. The molecule has 2 rings (SSSR count). The molecule has 104 valence electrons. The summed E-state index contributed by atoms with van der Waals surface area (Å²) in [6.07, 6.45) is 0.0340. The van der Waals surface area contributed by atoms with Crippen LogP contribution >= 0.6 is 0 Å². The number of rotatable bonds is 3. The number of nitrogens with one attached hydrogen (secondary N) is 1. The van der Waals surface area contributed by atoms with Crippen LogP contribution in [0.3, 0.4) is 0 Å². The van der Waals surface area contributed by atoms with Gasteiger partial charge in [0.25, 0.3) is 5.91 Å². The molecule has 0 unspecified atom stereocenters. The molecule has 1 heterocycles. The van der Waals surface area contributed by atoms with Gasteiger partial charge in [0.15, 0.2) is 0 Å². The van der Waals surface area contributed by atoms with Gasteiger partial charge in [0.05, 0.1) is 11.7 Å². The molecule has 1 aromatic carbocycles. The summed E-state index contributed by atoms with van der Waals surface area (Å²) in [5.74, 6) is 0.458. The Hall–Kier alpha value is -1.75. The summed E-state index contributed by atoms with van der Waals surface area (Å²) in [5.41, 5.74) is 0.306. The van der Waals surface area contributed by atoms with Crippen molar-refractivity contribution in [2.45, 2.75) is 20.0 Å². The predicted molar refractivity (Wildman–Crippen MR) is 72.6 cm³/mol. The summed E-state index contributed by atoms with van der Waals surface area (Å²) in [7, 11) is 0. The van der Waals surface area contributed by atoms with Crippen molar-refractivity contribution in [2.75, 3.05) is 26.2 Å². The molecule has 0 bridgehead atoms. The van der Waals surface area contributed by atoms with Crippen molar-refractivity contribution in [3.05, 3.63) is 23.8 Å². The number of phenols is 1. The van der Waals surface area contributed by atoms with Crippen LogP contribution in [0.4, 0.5) is 0 Å². The van der Waals surface area contributed by atoms with Crippen LogP contribution in [0.15, 0.2) is 18.2 Å². The van der Waals surface area contributed by atoms with Crippen LogP contribution in [0.2, 0.25) is 0 Å². The highest BCUT2D eigenvalue weighted by Gasteiger charge is 2.21. The zero-order valence-corrected chi connectivity index (χ0v) is 11.3. The number of benzene rings is 1. The number of ether oxygens (including phenoxy) is 1. The Labute approximate surface area is 113 Å². The first kappa shape index (κ1) is 13.7. The molecule has 5 heteroatoms. The number of hydrogen-bond acceptors (Lipinski definition) is 4. The van der Waals surface area contributed by atoms with Gasteiger partial charge in [-0.3, -0.25) is 4.79 Å². The maximum Gasteiger partial charge on any atom is 0.257 e. The van der Waals surface area contributed by atoms with Crippen molar-refractivity contribution < 1.29 is 14.6 Å². The number of nitrogens with zero attached hydrogens (tertiary/aromatic N) is 1. The molecular formula is C14H20N2O3. The molecule has 0 saturated carbocycles. The van der Waals surface area contributed by atoms with Gasteiger partial charge in [-0.1, -0.05) is 0 Å². The number of piperazine rings is 1. The van der Waals surface area contributed by atoms with Gasteiger partial charge in [0, 0.05) is 26.2 Å². The Kier molecular flexibility index (Phi) is 4.27. The number of hydrogen-bond donors (Lipinski definition) is 2. The zero-order valence-electron chi connectivity index (χ0n) is 11.3. The highest BCUT2D eigenvalue weighted by molar-refractivity contribution is 5.97. The van der Waals surface area contributed by atoms with Gasteiger partial charge >= 0.3 is 0 Å². The van der Waals surface area contributed by atoms with Gasteiger partial charge < -0.3 is 20.1 Å². The third-order valence-electron chi connectivity index (χ3n) is 2.97. The van der Waals surface area contributed by atoms with E-state index in [9.17, 15) is 9.90 Å². The zero-order chi connectivity index (χ0) is 13.8. The molecule has 1 aliphatic heterocycles. The first-order valence-corrected chi connectivity index (χ1v) is 6.57. The minimum atomic E-state index is -0.145. The van der Waals surface area contributed by atoms with E-state index in [1.807, 2.05) is 13.8 Å². The van der Waals surface area contributed by atoms with Crippen LogP contribution in [0, 0.1) is 0 Å². The number of carbonyl (C=O) groups is 1. The molecule has 5 nitrogen and oxygen atoms in total. The first-order valence-electron chi connectivity index (χ1n) is 6.57. The van der Waals surface area contributed by atoms with E-state index in [2.05, 4.69) is 5.32 Å². The van der Waals surface area contributed by atoms with Gasteiger partial charge in [0.1, 0.15) is 11.5 Å². The van der Waals surface area contributed by atoms with Crippen molar-refractivity contribution in [3.63, 3.8) is 0 Å². The van der Waals surface area contributed by atoms with Crippen molar-refractivity contribution >= 4 is 5.91 Å². The van der Waals surface area contributed by atoms with Gasteiger partial charge in [-0.15, -0.1) is 0 Å². The lowest BCUT2D eigenvalue weighted by Gasteiger charge is -2.27. The SMILES string of the molecule is CC(C)Oc1ccc(O)c(C(=O)N2CCNCC2)c1. The quantitative estimate of drug-likeness (QED) is 0.862. The molecule has 0 aliphatic carbocycles. The Morgan fingerprint density at radius 2 is 2.05 bits per heavy atom. The second-order valence-corrected chi connectivity index (χ2v) is 4.89. The molecule has 0 atom stereocenters. The van der Waals surface area contributed by atoms with Crippen molar-refractivity contribution in [1.29, 1.82) is 0 Å². The maximum absolute atomic E-state index is 12.3. The van der Waals surface area contributed by atoms with E-state index in [1.165, 1.54) is 6.07 Å². The topological polar surface area (TPSA) is 61.8 Å². The third-order valence-corrected chi connectivity index (χ3v) is 2.97. The second kappa shape index (κ2) is 5.93. The molecule has 19 heavy (non-hydrogen) atoms. The lowest BCUT2D eigenvalue weighted by molar-refractivity contribution is 0.0732. The Bertz CT molecular complexity index is 454. The van der Waals surface area contributed by atoms with Crippen molar-refractivity contribution in [3.8, 4) is 11.5 Å². The van der Waals surface area contributed by atoms with Crippen molar-refractivity contribution in [2.24, 2.45) is 0 Å². The monoisotopic (exact) mass is 264 g/mol. The summed E-state index contributed by atoms with van der Waals surface area (Å²) in [6.45, 7) is 6.74. The minimum absolute atomic E-state index is 0.000334. The van der Waals surface area contributed by atoms with Gasteiger partial charge in [-0.05, 0) is 32.0 Å². The fraction of sp³-hybridized carbons (Fsp3) is 0.500. The van der Waals surface area contributed by atoms with E-state index >= 15 is 0 Å². The largest absolute Gasteiger partial charge is 0.507 e. The molecule has 2 N–H and O–H groups in total. The molecule has 1 aromatic rings. The normalized spacial score (nSPS) is 15.6. The van der Waals surface area contributed by atoms with Gasteiger partial charge in [-0.25, -0.2) is 0 Å². The molecule has 1 amide bonds.